The summed E-state index contributed by atoms with van der Waals surface area (Å²) in [4.78, 5) is 12.3. The van der Waals surface area contributed by atoms with Gasteiger partial charge in [-0.25, -0.2) is 8.42 Å². The molecule has 7 nitrogen and oxygen atoms in total. The van der Waals surface area contributed by atoms with Gasteiger partial charge in [0.2, 0.25) is 15.9 Å². The zero-order valence-electron chi connectivity index (χ0n) is 18.3. The molecule has 2 aromatic rings. The van der Waals surface area contributed by atoms with E-state index >= 15 is 0 Å². The summed E-state index contributed by atoms with van der Waals surface area (Å²) in [5, 5.41) is 2.71. The van der Waals surface area contributed by atoms with Gasteiger partial charge in [0.05, 0.1) is 24.7 Å². The van der Waals surface area contributed by atoms with Crippen LogP contribution in [-0.4, -0.2) is 57.7 Å². The molecule has 1 amide bonds. The van der Waals surface area contributed by atoms with Gasteiger partial charge in [0, 0.05) is 25.7 Å². The third-order valence-electron chi connectivity index (χ3n) is 4.94. The highest BCUT2D eigenvalue weighted by Gasteiger charge is 2.27. The number of sulfonamides is 1. The predicted octanol–water partition coefficient (Wildman–Crippen LogP) is 3.12. The number of nitrogens with one attached hydrogen (secondary N) is 1. The van der Waals surface area contributed by atoms with Gasteiger partial charge in [0.1, 0.15) is 6.61 Å². The van der Waals surface area contributed by atoms with E-state index in [1.165, 1.54) is 22.5 Å². The molecule has 184 valence electrons. The first-order valence-corrected chi connectivity index (χ1v) is 11.9. The van der Waals surface area contributed by atoms with Crippen molar-refractivity contribution in [2.75, 3.05) is 32.9 Å². The summed E-state index contributed by atoms with van der Waals surface area (Å²) in [7, 11) is -3.57. The first-order chi connectivity index (χ1) is 16.1. The molecule has 0 spiro atoms. The third kappa shape index (κ3) is 7.94. The van der Waals surface area contributed by atoms with Crippen molar-refractivity contribution in [2.45, 2.75) is 24.2 Å². The SMILES string of the molecule is O=C(/C=C/c1ccc(S(=O)(=O)N2CCOCC2)cc1)NCc1ccc(COCC(F)(F)F)cc1. The van der Waals surface area contributed by atoms with E-state index in [9.17, 15) is 26.4 Å². The molecule has 0 atom stereocenters. The molecule has 3 rings (SSSR count). The molecule has 0 unspecified atom stereocenters. The second-order valence-electron chi connectivity index (χ2n) is 7.56. The van der Waals surface area contributed by atoms with Gasteiger partial charge in [-0.3, -0.25) is 4.79 Å². The molecule has 0 bridgehead atoms. The van der Waals surface area contributed by atoms with Crippen LogP contribution in [0.25, 0.3) is 6.08 Å². The van der Waals surface area contributed by atoms with E-state index < -0.39 is 22.8 Å². The van der Waals surface area contributed by atoms with Crippen LogP contribution in [0.1, 0.15) is 16.7 Å². The molecule has 1 saturated heterocycles. The van der Waals surface area contributed by atoms with Crippen LogP contribution in [0.4, 0.5) is 13.2 Å². The fourth-order valence-corrected chi connectivity index (χ4v) is 4.55. The van der Waals surface area contributed by atoms with Crippen molar-refractivity contribution in [3.05, 3.63) is 71.3 Å². The zero-order chi connectivity index (χ0) is 24.6. The summed E-state index contributed by atoms with van der Waals surface area (Å²) in [5.41, 5.74) is 2.04. The van der Waals surface area contributed by atoms with Crippen molar-refractivity contribution in [3.8, 4) is 0 Å². The van der Waals surface area contributed by atoms with Crippen molar-refractivity contribution in [1.82, 2.24) is 9.62 Å². The number of hydrogen-bond donors (Lipinski definition) is 1. The average molecular weight is 499 g/mol. The Hall–Kier alpha value is -2.73. The van der Waals surface area contributed by atoms with Crippen LogP contribution in [0.15, 0.2) is 59.5 Å². The van der Waals surface area contributed by atoms with Crippen molar-refractivity contribution in [3.63, 3.8) is 0 Å². The lowest BCUT2D eigenvalue weighted by atomic mass is 10.1. The molecule has 1 heterocycles. The first kappa shape index (κ1) is 25.9. The summed E-state index contributed by atoms with van der Waals surface area (Å²) >= 11 is 0. The summed E-state index contributed by atoms with van der Waals surface area (Å²) in [5.74, 6) is -0.345. The Morgan fingerprint density at radius 3 is 2.26 bits per heavy atom. The van der Waals surface area contributed by atoms with Crippen LogP contribution in [0.2, 0.25) is 0 Å². The molecule has 11 heteroatoms. The molecule has 0 radical (unpaired) electrons. The highest BCUT2D eigenvalue weighted by molar-refractivity contribution is 7.89. The Kier molecular flexibility index (Phi) is 8.84. The van der Waals surface area contributed by atoms with E-state index in [4.69, 9.17) is 4.74 Å². The van der Waals surface area contributed by atoms with Crippen molar-refractivity contribution < 1.29 is 35.9 Å². The topological polar surface area (TPSA) is 84.9 Å². The Labute approximate surface area is 196 Å². The van der Waals surface area contributed by atoms with Crippen LogP contribution in [0.5, 0.6) is 0 Å². The van der Waals surface area contributed by atoms with Gasteiger partial charge < -0.3 is 14.8 Å². The standard InChI is InChI=1S/C23H25F3N2O5S/c24-23(25,26)17-33-16-20-3-1-19(2-4-20)15-27-22(29)10-7-18-5-8-21(9-6-18)34(30,31)28-11-13-32-14-12-28/h1-10H,11-17H2,(H,27,29)/b10-7+. The lowest BCUT2D eigenvalue weighted by Crippen LogP contribution is -2.40. The van der Waals surface area contributed by atoms with Crippen LogP contribution in [-0.2, 0) is 37.4 Å². The Bertz CT molecular complexity index is 1080. The second kappa shape index (κ2) is 11.6. The average Bonchev–Trinajstić information content (AvgIpc) is 2.82. The lowest BCUT2D eigenvalue weighted by Gasteiger charge is -2.26. The van der Waals surface area contributed by atoms with Gasteiger partial charge in [-0.15, -0.1) is 0 Å². The normalized spacial score (nSPS) is 15.5. The molecule has 1 N–H and O–H groups in total. The van der Waals surface area contributed by atoms with Gasteiger partial charge in [-0.2, -0.15) is 17.5 Å². The number of ether oxygens (including phenoxy) is 2. The summed E-state index contributed by atoms with van der Waals surface area (Å²) in [6.07, 6.45) is -1.45. The molecule has 0 saturated carbocycles. The number of alkyl halides is 3. The highest BCUT2D eigenvalue weighted by atomic mass is 32.2. The Morgan fingerprint density at radius 1 is 1.03 bits per heavy atom. The number of amides is 1. The minimum atomic E-state index is -4.36. The third-order valence-corrected chi connectivity index (χ3v) is 6.85. The molecule has 1 aliphatic rings. The maximum Gasteiger partial charge on any atom is 0.411 e. The minimum absolute atomic E-state index is 0.151. The Balaban J connectivity index is 1.46. The molecule has 1 fully saturated rings. The molecule has 34 heavy (non-hydrogen) atoms. The van der Waals surface area contributed by atoms with E-state index in [-0.39, 0.29) is 24.0 Å². The van der Waals surface area contributed by atoms with Crippen LogP contribution < -0.4 is 5.32 Å². The molecule has 0 aromatic heterocycles. The maximum absolute atomic E-state index is 12.6. The number of carbonyl (C=O) groups is 1. The number of morpholine rings is 1. The van der Waals surface area contributed by atoms with Gasteiger partial charge in [0.25, 0.3) is 0 Å². The first-order valence-electron chi connectivity index (χ1n) is 10.5. The number of carbonyl (C=O) groups excluding carboxylic acids is 1. The van der Waals surface area contributed by atoms with Crippen molar-refractivity contribution in [1.29, 1.82) is 0 Å². The van der Waals surface area contributed by atoms with E-state index in [0.717, 1.165) is 5.56 Å². The second-order valence-corrected chi connectivity index (χ2v) is 9.50. The molecule has 1 aliphatic heterocycles. The van der Waals surface area contributed by atoms with Crippen LogP contribution in [0, 0.1) is 0 Å². The van der Waals surface area contributed by atoms with Crippen LogP contribution in [0.3, 0.4) is 0 Å². The zero-order valence-corrected chi connectivity index (χ0v) is 19.1. The number of benzene rings is 2. The van der Waals surface area contributed by atoms with E-state index in [1.54, 1.807) is 42.5 Å². The van der Waals surface area contributed by atoms with Crippen LogP contribution >= 0.6 is 0 Å². The smallest absolute Gasteiger partial charge is 0.379 e. The predicted molar refractivity (Wildman–Crippen MR) is 119 cm³/mol. The number of halogens is 3. The van der Waals surface area contributed by atoms with Gasteiger partial charge in [-0.05, 0) is 34.9 Å². The minimum Gasteiger partial charge on any atom is -0.379 e. The monoisotopic (exact) mass is 498 g/mol. The quantitative estimate of drug-likeness (QED) is 0.537. The largest absolute Gasteiger partial charge is 0.411 e. The molecular formula is C23H25F3N2O5S. The van der Waals surface area contributed by atoms with Gasteiger partial charge in [0.15, 0.2) is 0 Å². The number of rotatable bonds is 9. The van der Waals surface area contributed by atoms with Crippen molar-refractivity contribution >= 4 is 22.0 Å². The fraction of sp³-hybridized carbons (Fsp3) is 0.348. The van der Waals surface area contributed by atoms with E-state index in [2.05, 4.69) is 10.1 Å². The molecular weight excluding hydrogens is 473 g/mol. The summed E-state index contributed by atoms with van der Waals surface area (Å²) in [6.45, 7) is 0.164. The number of nitrogens with zero attached hydrogens (tertiary/aromatic N) is 1. The summed E-state index contributed by atoms with van der Waals surface area (Å²) in [6, 6.07) is 12.9. The van der Waals surface area contributed by atoms with Gasteiger partial charge in [-0.1, -0.05) is 36.4 Å². The fourth-order valence-electron chi connectivity index (χ4n) is 3.14. The molecule has 0 aliphatic carbocycles. The van der Waals surface area contributed by atoms with E-state index in [1.807, 2.05) is 0 Å². The van der Waals surface area contributed by atoms with Crippen molar-refractivity contribution in [2.24, 2.45) is 0 Å². The van der Waals surface area contributed by atoms with Gasteiger partial charge >= 0.3 is 6.18 Å². The highest BCUT2D eigenvalue weighted by Crippen LogP contribution is 2.18. The maximum atomic E-state index is 12.6. The Morgan fingerprint density at radius 2 is 1.65 bits per heavy atom. The summed E-state index contributed by atoms with van der Waals surface area (Å²) < 4.78 is 72.8. The molecule has 2 aromatic carbocycles. The lowest BCUT2D eigenvalue weighted by molar-refractivity contribution is -0.176. The number of hydrogen-bond acceptors (Lipinski definition) is 5. The van der Waals surface area contributed by atoms with E-state index in [0.29, 0.717) is 37.4 Å².